The summed E-state index contributed by atoms with van der Waals surface area (Å²) < 4.78 is 5.08. The molecule has 2 aromatic carbocycles. The van der Waals surface area contributed by atoms with Gasteiger partial charge >= 0.3 is 0 Å². The van der Waals surface area contributed by atoms with Gasteiger partial charge in [-0.3, -0.25) is 15.6 Å². The zero-order chi connectivity index (χ0) is 16.7. The fourth-order valence-corrected chi connectivity index (χ4v) is 2.09. The van der Waals surface area contributed by atoms with Gasteiger partial charge in [-0.05, 0) is 54.2 Å². The van der Waals surface area contributed by atoms with Gasteiger partial charge in [-0.25, -0.2) is 0 Å². The first-order valence-electron chi connectivity index (χ1n) is 6.81. The topological polar surface area (TPSA) is 62.4 Å². The van der Waals surface area contributed by atoms with Crippen molar-refractivity contribution in [1.29, 1.82) is 0 Å². The van der Waals surface area contributed by atoms with Crippen molar-refractivity contribution in [1.82, 2.24) is 10.9 Å². The van der Waals surface area contributed by atoms with Crippen LogP contribution < -0.4 is 20.9 Å². The normalized spacial score (nSPS) is 9.83. The minimum absolute atomic E-state index is 0.203. The van der Waals surface area contributed by atoms with Crippen LogP contribution in [0.3, 0.4) is 0 Å². The summed E-state index contributed by atoms with van der Waals surface area (Å²) in [5, 5.41) is 3.88. The summed E-state index contributed by atoms with van der Waals surface area (Å²) in [6.07, 6.45) is 0.231. The van der Waals surface area contributed by atoms with Gasteiger partial charge in [0, 0.05) is 10.7 Å². The van der Waals surface area contributed by atoms with Crippen LogP contribution in [0.5, 0.6) is 5.75 Å². The van der Waals surface area contributed by atoms with E-state index in [1.54, 1.807) is 31.4 Å². The number of ether oxygens (including phenoxy) is 1. The van der Waals surface area contributed by atoms with E-state index in [1.165, 1.54) is 0 Å². The van der Waals surface area contributed by atoms with Gasteiger partial charge in [0.1, 0.15) is 5.75 Å². The van der Waals surface area contributed by atoms with Crippen LogP contribution in [0.2, 0.25) is 5.02 Å². The van der Waals surface area contributed by atoms with E-state index in [9.17, 15) is 4.79 Å². The van der Waals surface area contributed by atoms with E-state index in [4.69, 9.17) is 28.6 Å². The molecule has 0 spiro atoms. The zero-order valence-corrected chi connectivity index (χ0v) is 14.0. The lowest BCUT2D eigenvalue weighted by molar-refractivity contribution is -0.120. The van der Waals surface area contributed by atoms with Crippen LogP contribution >= 0.6 is 23.8 Å². The Morgan fingerprint density at radius 1 is 1.09 bits per heavy atom. The number of hydrogen-bond acceptors (Lipinski definition) is 3. The molecule has 2 rings (SSSR count). The molecule has 0 atom stereocenters. The molecule has 5 nitrogen and oxygen atoms in total. The molecule has 0 aliphatic carbocycles. The van der Waals surface area contributed by atoms with E-state index >= 15 is 0 Å². The van der Waals surface area contributed by atoms with Gasteiger partial charge in [-0.1, -0.05) is 23.7 Å². The minimum Gasteiger partial charge on any atom is -0.497 e. The highest BCUT2D eigenvalue weighted by Crippen LogP contribution is 2.14. The molecule has 0 saturated carbocycles. The molecule has 0 unspecified atom stereocenters. The van der Waals surface area contributed by atoms with Crippen molar-refractivity contribution < 1.29 is 9.53 Å². The number of hydrogen-bond donors (Lipinski definition) is 3. The van der Waals surface area contributed by atoms with Crippen molar-refractivity contribution in [3.63, 3.8) is 0 Å². The number of carbonyl (C=O) groups excluding carboxylic acids is 1. The number of benzene rings is 2. The van der Waals surface area contributed by atoms with E-state index in [1.807, 2.05) is 24.3 Å². The molecule has 0 saturated heterocycles. The van der Waals surface area contributed by atoms with Crippen LogP contribution in [0.4, 0.5) is 5.69 Å². The molecular weight excluding hydrogens is 334 g/mol. The molecule has 0 radical (unpaired) electrons. The van der Waals surface area contributed by atoms with Crippen molar-refractivity contribution in [2.75, 3.05) is 12.4 Å². The van der Waals surface area contributed by atoms with Crippen LogP contribution in [-0.2, 0) is 11.2 Å². The fraction of sp³-hybridized carbons (Fsp3) is 0.125. The highest BCUT2D eigenvalue weighted by molar-refractivity contribution is 7.80. The van der Waals surface area contributed by atoms with Crippen molar-refractivity contribution in [2.45, 2.75) is 6.42 Å². The van der Waals surface area contributed by atoms with E-state index in [0.29, 0.717) is 10.1 Å². The Morgan fingerprint density at radius 3 is 2.35 bits per heavy atom. The third kappa shape index (κ3) is 5.77. The van der Waals surface area contributed by atoms with Crippen LogP contribution in [0, 0.1) is 0 Å². The van der Waals surface area contributed by atoms with Crippen molar-refractivity contribution >= 4 is 40.5 Å². The molecule has 3 N–H and O–H groups in total. The Kier molecular flexibility index (Phi) is 6.19. The van der Waals surface area contributed by atoms with Crippen LogP contribution in [-0.4, -0.2) is 18.1 Å². The molecule has 2 aromatic rings. The number of halogens is 1. The quantitative estimate of drug-likeness (QED) is 0.585. The molecule has 0 fully saturated rings. The van der Waals surface area contributed by atoms with Gasteiger partial charge in [0.2, 0.25) is 5.91 Å². The number of nitrogens with one attached hydrogen (secondary N) is 3. The Balaban J connectivity index is 1.76. The Hall–Kier alpha value is -2.31. The molecule has 120 valence electrons. The van der Waals surface area contributed by atoms with E-state index in [2.05, 4.69) is 16.2 Å². The largest absolute Gasteiger partial charge is 0.497 e. The predicted molar refractivity (Wildman–Crippen MR) is 95.6 cm³/mol. The average molecular weight is 350 g/mol. The number of hydrazine groups is 1. The van der Waals surface area contributed by atoms with Gasteiger partial charge in [0.05, 0.1) is 13.5 Å². The molecule has 23 heavy (non-hydrogen) atoms. The number of anilines is 1. The summed E-state index contributed by atoms with van der Waals surface area (Å²) >= 11 is 10.9. The monoisotopic (exact) mass is 349 g/mol. The molecule has 7 heteroatoms. The maximum absolute atomic E-state index is 11.8. The van der Waals surface area contributed by atoms with Crippen molar-refractivity contribution in [3.8, 4) is 5.75 Å². The van der Waals surface area contributed by atoms with Crippen LogP contribution in [0.15, 0.2) is 48.5 Å². The van der Waals surface area contributed by atoms with Gasteiger partial charge in [-0.15, -0.1) is 0 Å². The summed E-state index contributed by atoms with van der Waals surface area (Å²) in [6.45, 7) is 0. The third-order valence-electron chi connectivity index (χ3n) is 2.94. The fourth-order valence-electron chi connectivity index (χ4n) is 1.80. The third-order valence-corrected chi connectivity index (χ3v) is 3.40. The molecule has 0 aromatic heterocycles. The van der Waals surface area contributed by atoms with Gasteiger partial charge < -0.3 is 10.1 Å². The average Bonchev–Trinajstić information content (AvgIpc) is 2.56. The predicted octanol–water partition coefficient (Wildman–Crippen LogP) is 2.91. The Labute approximate surface area is 145 Å². The van der Waals surface area contributed by atoms with E-state index < -0.39 is 0 Å². The molecule has 0 heterocycles. The lowest BCUT2D eigenvalue weighted by Gasteiger charge is -2.12. The molecule has 0 aliphatic heterocycles. The van der Waals surface area contributed by atoms with Crippen molar-refractivity contribution in [2.24, 2.45) is 0 Å². The van der Waals surface area contributed by atoms with E-state index in [-0.39, 0.29) is 12.3 Å². The first kappa shape index (κ1) is 17.1. The number of carbonyl (C=O) groups is 1. The van der Waals surface area contributed by atoms with Gasteiger partial charge in [0.15, 0.2) is 5.11 Å². The number of rotatable bonds is 4. The molecule has 0 aliphatic rings. The zero-order valence-electron chi connectivity index (χ0n) is 12.4. The lowest BCUT2D eigenvalue weighted by Crippen LogP contribution is -2.44. The Bertz CT molecular complexity index is 675. The maximum Gasteiger partial charge on any atom is 0.242 e. The van der Waals surface area contributed by atoms with Crippen molar-refractivity contribution in [3.05, 3.63) is 59.1 Å². The first-order valence-corrected chi connectivity index (χ1v) is 7.60. The highest BCUT2D eigenvalue weighted by atomic mass is 35.5. The maximum atomic E-state index is 11.8. The lowest BCUT2D eigenvalue weighted by atomic mass is 10.1. The molecular formula is C16H16ClN3O2S. The summed E-state index contributed by atoms with van der Waals surface area (Å²) in [5.41, 5.74) is 6.84. The second-order valence-corrected chi connectivity index (χ2v) is 5.50. The highest BCUT2D eigenvalue weighted by Gasteiger charge is 2.04. The van der Waals surface area contributed by atoms with Crippen LogP contribution in [0.25, 0.3) is 0 Å². The second-order valence-electron chi connectivity index (χ2n) is 4.66. The second kappa shape index (κ2) is 8.36. The van der Waals surface area contributed by atoms with Gasteiger partial charge in [-0.2, -0.15) is 0 Å². The number of thiocarbonyl (C=S) groups is 1. The smallest absolute Gasteiger partial charge is 0.242 e. The molecule has 1 amide bonds. The summed E-state index contributed by atoms with van der Waals surface area (Å²) in [4.78, 5) is 11.8. The summed E-state index contributed by atoms with van der Waals surface area (Å²) in [6, 6.07) is 14.4. The van der Waals surface area contributed by atoms with Crippen LogP contribution in [0.1, 0.15) is 5.56 Å². The number of methoxy groups -OCH3 is 1. The Morgan fingerprint density at radius 2 is 1.74 bits per heavy atom. The summed E-state index contributed by atoms with van der Waals surface area (Å²) in [5.74, 6) is 0.553. The standard InChI is InChI=1S/C16H16ClN3O2S/c1-22-14-8-6-13(7-9-14)18-16(23)20-19-15(21)10-11-2-4-12(17)5-3-11/h2-9H,10H2,1H3,(H,19,21)(H2,18,20,23). The minimum atomic E-state index is -0.203. The SMILES string of the molecule is COc1ccc(NC(=S)NNC(=O)Cc2ccc(Cl)cc2)cc1. The summed E-state index contributed by atoms with van der Waals surface area (Å²) in [7, 11) is 1.60. The van der Waals surface area contributed by atoms with E-state index in [0.717, 1.165) is 17.0 Å². The molecule has 0 bridgehead atoms. The van der Waals surface area contributed by atoms with Gasteiger partial charge in [0.25, 0.3) is 0 Å². The first-order chi connectivity index (χ1) is 11.1. The number of amides is 1.